The Labute approximate surface area is 86.2 Å². The van der Waals surface area contributed by atoms with E-state index in [9.17, 15) is 4.79 Å². The molecule has 2 aromatic heterocycles. The van der Waals surface area contributed by atoms with Gasteiger partial charge in [-0.05, 0) is 23.6 Å². The Bertz CT molecular complexity index is 401. The van der Waals surface area contributed by atoms with Gasteiger partial charge in [0.15, 0.2) is 0 Å². The first kappa shape index (κ1) is 9.21. The molecular weight excluding hydrogens is 196 g/mol. The number of aldehydes is 1. The van der Waals surface area contributed by atoms with Gasteiger partial charge in [0, 0.05) is 12.8 Å². The molecule has 0 spiro atoms. The van der Waals surface area contributed by atoms with Crippen LogP contribution >= 0.6 is 11.3 Å². The predicted molar refractivity (Wildman–Crippen MR) is 56.4 cm³/mol. The molecule has 0 aromatic carbocycles. The van der Waals surface area contributed by atoms with Crippen LogP contribution < -0.4 is 0 Å². The summed E-state index contributed by atoms with van der Waals surface area (Å²) in [4.78, 5) is 11.3. The zero-order valence-electron chi connectivity index (χ0n) is 7.60. The minimum absolute atomic E-state index is 0.525. The lowest BCUT2D eigenvalue weighted by Crippen LogP contribution is -1.81. The SMILES string of the molecule is O=CCCc1ccc(-c2cccs2)o1. The standard InChI is InChI=1S/C11H10O2S/c12-7-1-3-9-5-6-10(13-9)11-4-2-8-14-11/h2,4-8H,1,3H2. The highest BCUT2D eigenvalue weighted by Gasteiger charge is 2.04. The van der Waals surface area contributed by atoms with Crippen molar-refractivity contribution in [1.82, 2.24) is 0 Å². The number of aryl methyl sites for hydroxylation is 1. The fraction of sp³-hybridized carbons (Fsp3) is 0.182. The Morgan fingerprint density at radius 1 is 1.36 bits per heavy atom. The summed E-state index contributed by atoms with van der Waals surface area (Å²) in [5.74, 6) is 1.77. The number of thiophene rings is 1. The van der Waals surface area contributed by atoms with Gasteiger partial charge in [0.1, 0.15) is 17.8 Å². The number of hydrogen-bond donors (Lipinski definition) is 0. The van der Waals surface area contributed by atoms with Crippen molar-refractivity contribution in [1.29, 1.82) is 0 Å². The molecule has 3 heteroatoms. The molecule has 0 aliphatic heterocycles. The topological polar surface area (TPSA) is 30.2 Å². The summed E-state index contributed by atoms with van der Waals surface area (Å²) in [6.07, 6.45) is 2.12. The normalized spacial score (nSPS) is 10.3. The molecular formula is C11H10O2S. The molecule has 0 aliphatic carbocycles. The largest absolute Gasteiger partial charge is 0.460 e. The van der Waals surface area contributed by atoms with Crippen LogP contribution in [0, 0.1) is 0 Å². The Balaban J connectivity index is 2.14. The van der Waals surface area contributed by atoms with Gasteiger partial charge < -0.3 is 9.21 Å². The van der Waals surface area contributed by atoms with Crippen LogP contribution in [0.25, 0.3) is 10.6 Å². The first-order valence-corrected chi connectivity index (χ1v) is 5.34. The van der Waals surface area contributed by atoms with E-state index in [-0.39, 0.29) is 0 Å². The highest BCUT2D eigenvalue weighted by molar-refractivity contribution is 7.13. The van der Waals surface area contributed by atoms with Crippen LogP contribution in [0.3, 0.4) is 0 Å². The van der Waals surface area contributed by atoms with Crippen LogP contribution in [0.2, 0.25) is 0 Å². The fourth-order valence-corrected chi connectivity index (χ4v) is 1.95. The Kier molecular flexibility index (Phi) is 2.79. The first-order chi connectivity index (χ1) is 6.90. The average Bonchev–Trinajstić information content (AvgIpc) is 2.85. The summed E-state index contributed by atoms with van der Waals surface area (Å²) in [6, 6.07) is 7.89. The molecule has 0 N–H and O–H groups in total. The lowest BCUT2D eigenvalue weighted by atomic mass is 10.3. The number of rotatable bonds is 4. The number of carbonyl (C=O) groups excluding carboxylic acids is 1. The van der Waals surface area contributed by atoms with Gasteiger partial charge >= 0.3 is 0 Å². The third kappa shape index (κ3) is 1.93. The van der Waals surface area contributed by atoms with Crippen molar-refractivity contribution >= 4 is 17.6 Å². The molecule has 0 saturated heterocycles. The molecule has 0 amide bonds. The summed E-state index contributed by atoms with van der Waals surface area (Å²) in [5, 5.41) is 2.02. The zero-order valence-corrected chi connectivity index (χ0v) is 8.42. The van der Waals surface area contributed by atoms with E-state index in [2.05, 4.69) is 0 Å². The Hall–Kier alpha value is -1.35. The number of hydrogen-bond acceptors (Lipinski definition) is 3. The van der Waals surface area contributed by atoms with Crippen LogP contribution in [0.15, 0.2) is 34.1 Å². The second-order valence-corrected chi connectivity index (χ2v) is 3.90. The molecule has 0 aliphatic rings. The highest BCUT2D eigenvalue weighted by atomic mass is 32.1. The number of furan rings is 1. The molecule has 2 aromatic rings. The molecule has 2 nitrogen and oxygen atoms in total. The maximum Gasteiger partial charge on any atom is 0.144 e. The second kappa shape index (κ2) is 4.24. The Morgan fingerprint density at radius 3 is 3.00 bits per heavy atom. The highest BCUT2D eigenvalue weighted by Crippen LogP contribution is 2.26. The third-order valence-electron chi connectivity index (χ3n) is 1.93. The quantitative estimate of drug-likeness (QED) is 0.719. The van der Waals surface area contributed by atoms with Gasteiger partial charge in [0.2, 0.25) is 0 Å². The fourth-order valence-electron chi connectivity index (χ4n) is 1.26. The summed E-state index contributed by atoms with van der Waals surface area (Å²) in [7, 11) is 0. The van der Waals surface area contributed by atoms with Crippen LogP contribution in [0.5, 0.6) is 0 Å². The van der Waals surface area contributed by atoms with Crippen molar-refractivity contribution in [3.05, 3.63) is 35.4 Å². The van der Waals surface area contributed by atoms with Crippen LogP contribution in [-0.2, 0) is 11.2 Å². The van der Waals surface area contributed by atoms with Crippen LogP contribution in [0.4, 0.5) is 0 Å². The molecule has 72 valence electrons. The van der Waals surface area contributed by atoms with Crippen molar-refractivity contribution < 1.29 is 9.21 Å². The molecule has 0 unspecified atom stereocenters. The van der Waals surface area contributed by atoms with Gasteiger partial charge in [-0.15, -0.1) is 11.3 Å². The molecule has 2 heterocycles. The molecule has 0 radical (unpaired) electrons. The van der Waals surface area contributed by atoms with Gasteiger partial charge in [-0.3, -0.25) is 0 Å². The zero-order chi connectivity index (χ0) is 9.80. The molecule has 0 atom stereocenters. The summed E-state index contributed by atoms with van der Waals surface area (Å²) < 4.78 is 5.58. The molecule has 2 rings (SSSR count). The molecule has 0 saturated carbocycles. The van der Waals surface area contributed by atoms with Gasteiger partial charge in [-0.25, -0.2) is 0 Å². The first-order valence-electron chi connectivity index (χ1n) is 4.46. The van der Waals surface area contributed by atoms with E-state index in [1.165, 1.54) is 0 Å². The van der Waals surface area contributed by atoms with Crippen LogP contribution in [-0.4, -0.2) is 6.29 Å². The van der Waals surface area contributed by atoms with Gasteiger partial charge in [0.25, 0.3) is 0 Å². The van der Waals surface area contributed by atoms with E-state index in [0.29, 0.717) is 12.8 Å². The van der Waals surface area contributed by atoms with E-state index in [1.54, 1.807) is 11.3 Å². The van der Waals surface area contributed by atoms with Crippen molar-refractivity contribution in [3.8, 4) is 10.6 Å². The van der Waals surface area contributed by atoms with Crippen molar-refractivity contribution in [3.63, 3.8) is 0 Å². The Morgan fingerprint density at radius 2 is 2.29 bits per heavy atom. The molecule has 14 heavy (non-hydrogen) atoms. The third-order valence-corrected chi connectivity index (χ3v) is 2.82. The summed E-state index contributed by atoms with van der Waals surface area (Å²) >= 11 is 1.65. The van der Waals surface area contributed by atoms with Crippen molar-refractivity contribution in [2.45, 2.75) is 12.8 Å². The van der Waals surface area contributed by atoms with Gasteiger partial charge in [0.05, 0.1) is 4.88 Å². The summed E-state index contributed by atoms with van der Waals surface area (Å²) in [6.45, 7) is 0. The van der Waals surface area contributed by atoms with E-state index < -0.39 is 0 Å². The maximum atomic E-state index is 10.2. The smallest absolute Gasteiger partial charge is 0.144 e. The van der Waals surface area contributed by atoms with Crippen molar-refractivity contribution in [2.75, 3.05) is 0 Å². The van der Waals surface area contributed by atoms with E-state index in [0.717, 1.165) is 22.7 Å². The average molecular weight is 206 g/mol. The van der Waals surface area contributed by atoms with E-state index in [4.69, 9.17) is 4.42 Å². The van der Waals surface area contributed by atoms with Crippen LogP contribution in [0.1, 0.15) is 12.2 Å². The predicted octanol–water partition coefficient (Wildman–Crippen LogP) is 3.14. The van der Waals surface area contributed by atoms with Gasteiger partial charge in [-0.2, -0.15) is 0 Å². The minimum Gasteiger partial charge on any atom is -0.460 e. The lowest BCUT2D eigenvalue weighted by molar-refractivity contribution is -0.107. The monoisotopic (exact) mass is 206 g/mol. The minimum atomic E-state index is 0.525. The maximum absolute atomic E-state index is 10.2. The molecule has 0 fully saturated rings. The lowest BCUT2D eigenvalue weighted by Gasteiger charge is -1.91. The molecule has 0 bridgehead atoms. The van der Waals surface area contributed by atoms with E-state index >= 15 is 0 Å². The van der Waals surface area contributed by atoms with Gasteiger partial charge in [-0.1, -0.05) is 6.07 Å². The van der Waals surface area contributed by atoms with Crippen molar-refractivity contribution in [2.24, 2.45) is 0 Å². The second-order valence-electron chi connectivity index (χ2n) is 2.95. The van der Waals surface area contributed by atoms with E-state index in [1.807, 2.05) is 29.6 Å². The number of carbonyl (C=O) groups is 1. The summed E-state index contributed by atoms with van der Waals surface area (Å²) in [5.41, 5.74) is 0.